The van der Waals surface area contributed by atoms with Gasteiger partial charge in [-0.15, -0.1) is 0 Å². The fourth-order valence-electron chi connectivity index (χ4n) is 2.92. The van der Waals surface area contributed by atoms with Crippen LogP contribution in [0.5, 0.6) is 0 Å². The molecule has 23 heavy (non-hydrogen) atoms. The number of carbonyl (C=O) groups excluding carboxylic acids is 1. The fraction of sp³-hybridized carbons (Fsp3) is 0.611. The van der Waals surface area contributed by atoms with E-state index in [1.807, 2.05) is 45.9 Å². The molecule has 1 aliphatic rings. The zero-order valence-electron chi connectivity index (χ0n) is 14.4. The molecule has 0 radical (unpaired) electrons. The molecule has 1 heterocycles. The second kappa shape index (κ2) is 6.73. The number of nitrogens with zero attached hydrogens (tertiary/aromatic N) is 1. The van der Waals surface area contributed by atoms with Crippen molar-refractivity contribution >= 4 is 18.7 Å². The number of ether oxygens (including phenoxy) is 1. The Morgan fingerprint density at radius 3 is 2.48 bits per heavy atom. The van der Waals surface area contributed by atoms with Crippen molar-refractivity contribution in [2.24, 2.45) is 0 Å². The van der Waals surface area contributed by atoms with Gasteiger partial charge in [-0.1, -0.05) is 23.8 Å². The number of likely N-dealkylation sites (tertiary alicyclic amines) is 1. The van der Waals surface area contributed by atoms with Gasteiger partial charge in [0.2, 0.25) is 0 Å². The largest absolute Gasteiger partial charge is 0.444 e. The molecular weight excluding hydrogens is 310 g/mol. The van der Waals surface area contributed by atoms with Crippen LogP contribution in [0.1, 0.15) is 50.3 Å². The van der Waals surface area contributed by atoms with Gasteiger partial charge in [-0.05, 0) is 51.7 Å². The van der Waals surface area contributed by atoms with Gasteiger partial charge in [0.25, 0.3) is 0 Å². The molecule has 1 saturated heterocycles. The first-order chi connectivity index (χ1) is 10.6. The highest BCUT2D eigenvalue weighted by atomic mass is 32.1. The zero-order chi connectivity index (χ0) is 17.3. The summed E-state index contributed by atoms with van der Waals surface area (Å²) in [7, 11) is 0. The number of carbonyl (C=O) groups is 1. The van der Waals surface area contributed by atoms with E-state index in [2.05, 4.69) is 12.6 Å². The maximum atomic E-state index is 12.1. The van der Waals surface area contributed by atoms with Crippen molar-refractivity contribution in [3.63, 3.8) is 0 Å². The smallest absolute Gasteiger partial charge is 0.410 e. The third-order valence-electron chi connectivity index (χ3n) is 4.18. The van der Waals surface area contributed by atoms with Gasteiger partial charge >= 0.3 is 6.09 Å². The molecule has 0 aliphatic carbocycles. The molecule has 1 aromatic rings. The third kappa shape index (κ3) is 4.42. The van der Waals surface area contributed by atoms with Crippen molar-refractivity contribution < 1.29 is 14.6 Å². The van der Waals surface area contributed by atoms with Gasteiger partial charge in [0.05, 0.1) is 5.60 Å². The molecule has 1 N–H and O–H groups in total. The predicted molar refractivity (Wildman–Crippen MR) is 94.8 cm³/mol. The van der Waals surface area contributed by atoms with Crippen molar-refractivity contribution in [3.8, 4) is 0 Å². The molecule has 0 spiro atoms. The van der Waals surface area contributed by atoms with Crippen LogP contribution in [0, 0.1) is 6.92 Å². The highest BCUT2D eigenvalue weighted by Crippen LogP contribution is 2.36. The van der Waals surface area contributed by atoms with Crippen molar-refractivity contribution in [3.05, 3.63) is 34.9 Å². The fourth-order valence-corrected chi connectivity index (χ4v) is 3.19. The molecule has 5 heteroatoms. The third-order valence-corrected chi connectivity index (χ3v) is 4.52. The van der Waals surface area contributed by atoms with E-state index in [1.165, 1.54) is 0 Å². The first-order valence-corrected chi connectivity index (χ1v) is 8.69. The zero-order valence-corrected chi connectivity index (χ0v) is 15.3. The summed E-state index contributed by atoms with van der Waals surface area (Å²) in [5.74, 6) is 0.591. The number of piperidine rings is 1. The van der Waals surface area contributed by atoms with Gasteiger partial charge in [-0.25, -0.2) is 4.79 Å². The first kappa shape index (κ1) is 18.1. The molecule has 0 atom stereocenters. The highest BCUT2D eigenvalue weighted by Gasteiger charge is 2.37. The maximum Gasteiger partial charge on any atom is 0.410 e. The number of amides is 1. The Morgan fingerprint density at radius 2 is 1.96 bits per heavy atom. The molecule has 0 unspecified atom stereocenters. The Morgan fingerprint density at radius 1 is 1.35 bits per heavy atom. The van der Waals surface area contributed by atoms with E-state index in [4.69, 9.17) is 4.74 Å². The molecule has 2 rings (SSSR count). The van der Waals surface area contributed by atoms with Crippen LogP contribution < -0.4 is 0 Å². The lowest BCUT2D eigenvalue weighted by molar-refractivity contribution is -0.0360. The van der Waals surface area contributed by atoms with Crippen LogP contribution in [0.25, 0.3) is 0 Å². The minimum absolute atomic E-state index is 0.307. The molecule has 1 amide bonds. The number of rotatable bonds is 2. The molecule has 4 nitrogen and oxygen atoms in total. The van der Waals surface area contributed by atoms with Gasteiger partial charge in [-0.2, -0.15) is 12.6 Å². The molecule has 0 aromatic heterocycles. The Bertz CT molecular complexity index is 572. The van der Waals surface area contributed by atoms with Crippen molar-refractivity contribution in [2.45, 2.75) is 57.5 Å². The van der Waals surface area contributed by atoms with Crippen molar-refractivity contribution in [1.29, 1.82) is 0 Å². The Labute approximate surface area is 144 Å². The van der Waals surface area contributed by atoms with Crippen molar-refractivity contribution in [1.82, 2.24) is 4.90 Å². The molecule has 1 aromatic carbocycles. The van der Waals surface area contributed by atoms with Crippen molar-refractivity contribution in [2.75, 3.05) is 13.1 Å². The summed E-state index contributed by atoms with van der Waals surface area (Å²) in [5, 5.41) is 11.1. The molecule has 0 bridgehead atoms. The number of aryl methyl sites for hydroxylation is 1. The monoisotopic (exact) mass is 337 g/mol. The minimum atomic E-state index is -0.900. The molecule has 0 saturated carbocycles. The van der Waals surface area contributed by atoms with E-state index in [9.17, 15) is 9.90 Å². The summed E-state index contributed by atoms with van der Waals surface area (Å²) in [6.07, 6.45) is 0.714. The normalized spacial score (nSPS) is 17.9. The van der Waals surface area contributed by atoms with Crippen LogP contribution >= 0.6 is 12.6 Å². The highest BCUT2D eigenvalue weighted by molar-refractivity contribution is 7.79. The standard InChI is InChI=1S/C18H27NO3S/c1-13-5-6-14(12-23)15(11-13)18(21)7-9-19(10-8-18)16(20)22-17(2,3)4/h5-6,11,21,23H,7-10,12H2,1-4H3. The number of hydrogen-bond acceptors (Lipinski definition) is 4. The minimum Gasteiger partial charge on any atom is -0.444 e. The van der Waals surface area contributed by atoms with Crippen LogP contribution in [0.2, 0.25) is 0 Å². The lowest BCUT2D eigenvalue weighted by atomic mass is 9.81. The molecule has 1 fully saturated rings. The maximum absolute atomic E-state index is 12.1. The average Bonchev–Trinajstić information content (AvgIpc) is 2.46. The summed E-state index contributed by atoms with van der Waals surface area (Å²) >= 11 is 4.37. The Balaban J connectivity index is 2.11. The summed E-state index contributed by atoms with van der Waals surface area (Å²) in [4.78, 5) is 13.8. The Hall–Kier alpha value is -1.20. The van der Waals surface area contributed by atoms with Crippen LogP contribution in [-0.2, 0) is 16.1 Å². The summed E-state index contributed by atoms with van der Waals surface area (Å²) in [5.41, 5.74) is 1.71. The summed E-state index contributed by atoms with van der Waals surface area (Å²) in [6, 6.07) is 6.10. The van der Waals surface area contributed by atoms with Gasteiger partial charge in [0, 0.05) is 18.8 Å². The summed E-state index contributed by atoms with van der Waals surface area (Å²) < 4.78 is 5.41. The number of aliphatic hydroxyl groups is 1. The van der Waals surface area contributed by atoms with Gasteiger partial charge in [0.1, 0.15) is 5.60 Å². The second-order valence-corrected chi connectivity index (χ2v) is 7.63. The SMILES string of the molecule is Cc1ccc(CS)c(C2(O)CCN(C(=O)OC(C)(C)C)CC2)c1. The van der Waals surface area contributed by atoms with Gasteiger partial charge in [-0.3, -0.25) is 0 Å². The lowest BCUT2D eigenvalue weighted by Gasteiger charge is -2.39. The Kier molecular flexibility index (Phi) is 5.31. The van der Waals surface area contributed by atoms with E-state index in [0.717, 1.165) is 16.7 Å². The van der Waals surface area contributed by atoms with Gasteiger partial charge < -0.3 is 14.7 Å². The average molecular weight is 337 g/mol. The van der Waals surface area contributed by atoms with Crippen LogP contribution in [0.15, 0.2) is 18.2 Å². The van der Waals surface area contributed by atoms with E-state index in [0.29, 0.717) is 31.7 Å². The van der Waals surface area contributed by atoms with Crippen LogP contribution in [-0.4, -0.2) is 34.8 Å². The van der Waals surface area contributed by atoms with E-state index in [1.54, 1.807) is 4.90 Å². The number of thiol groups is 1. The summed E-state index contributed by atoms with van der Waals surface area (Å²) in [6.45, 7) is 8.58. The van der Waals surface area contributed by atoms with Gasteiger partial charge in [0.15, 0.2) is 0 Å². The van der Waals surface area contributed by atoms with E-state index >= 15 is 0 Å². The van der Waals surface area contributed by atoms with E-state index in [-0.39, 0.29) is 6.09 Å². The number of benzene rings is 1. The van der Waals surface area contributed by atoms with Crippen LogP contribution in [0.4, 0.5) is 4.79 Å². The topological polar surface area (TPSA) is 49.8 Å². The van der Waals surface area contributed by atoms with Crippen LogP contribution in [0.3, 0.4) is 0 Å². The predicted octanol–water partition coefficient (Wildman–Crippen LogP) is 3.64. The first-order valence-electron chi connectivity index (χ1n) is 8.06. The second-order valence-electron chi connectivity index (χ2n) is 7.32. The van der Waals surface area contributed by atoms with E-state index < -0.39 is 11.2 Å². The lowest BCUT2D eigenvalue weighted by Crippen LogP contribution is -2.47. The molecule has 1 aliphatic heterocycles. The number of hydrogen-bond donors (Lipinski definition) is 2. The quantitative estimate of drug-likeness (QED) is 0.810. The molecule has 128 valence electrons. The molecular formula is C18H27NO3S.